The van der Waals surface area contributed by atoms with E-state index in [1.807, 2.05) is 6.92 Å². The molecule has 1 fully saturated rings. The van der Waals surface area contributed by atoms with E-state index in [0.717, 1.165) is 36.6 Å². The number of carboxylic acids is 1. The van der Waals surface area contributed by atoms with E-state index >= 15 is 0 Å². The summed E-state index contributed by atoms with van der Waals surface area (Å²) in [6.45, 7) is 5.06. The zero-order valence-corrected chi connectivity index (χ0v) is 14.2. The number of aliphatic carboxylic acids is 1. The van der Waals surface area contributed by atoms with Crippen LogP contribution in [-0.2, 0) is 9.59 Å². The number of anilines is 1. The number of piperazine rings is 1. The van der Waals surface area contributed by atoms with Gasteiger partial charge in [-0.25, -0.2) is 0 Å². The minimum absolute atomic E-state index is 0.0946. The number of amides is 1. The number of halogens is 1. The monoisotopic (exact) mass is 340 g/mol. The first-order valence-corrected chi connectivity index (χ1v) is 8.18. The molecule has 1 heterocycles. The van der Waals surface area contributed by atoms with Crippen LogP contribution in [0.2, 0.25) is 5.02 Å². The van der Waals surface area contributed by atoms with E-state index in [9.17, 15) is 14.7 Å². The van der Waals surface area contributed by atoms with Gasteiger partial charge in [0, 0.05) is 10.7 Å². The highest BCUT2D eigenvalue weighted by Gasteiger charge is 2.30. The Morgan fingerprint density at radius 2 is 1.96 bits per heavy atom. The van der Waals surface area contributed by atoms with E-state index in [1.165, 1.54) is 4.90 Å². The Kier molecular flexibility index (Phi) is 5.98. The van der Waals surface area contributed by atoms with Gasteiger partial charge in [-0.3, -0.25) is 4.79 Å². The third-order valence-electron chi connectivity index (χ3n) is 4.45. The van der Waals surface area contributed by atoms with Gasteiger partial charge in [-0.2, -0.15) is 0 Å². The molecule has 1 amide bonds. The largest absolute Gasteiger partial charge is 0.544 e. The predicted octanol–water partition coefficient (Wildman–Crippen LogP) is -2.49. The molecule has 0 aliphatic carbocycles. The fourth-order valence-corrected chi connectivity index (χ4v) is 3.04. The molecule has 1 aromatic carbocycles. The van der Waals surface area contributed by atoms with Crippen LogP contribution in [0.1, 0.15) is 12.0 Å². The third-order valence-corrected chi connectivity index (χ3v) is 4.86. The Morgan fingerprint density at radius 1 is 1.30 bits per heavy atom. The lowest BCUT2D eigenvalue weighted by molar-refractivity contribution is -1.01. The molecule has 6 nitrogen and oxygen atoms in total. The van der Waals surface area contributed by atoms with Gasteiger partial charge in [0.1, 0.15) is 32.2 Å². The number of carbonyl (C=O) groups is 2. The normalized spacial score (nSPS) is 22.4. The summed E-state index contributed by atoms with van der Waals surface area (Å²) >= 11 is 6.03. The molecule has 1 aromatic rings. The van der Waals surface area contributed by atoms with Crippen molar-refractivity contribution in [2.24, 2.45) is 0 Å². The van der Waals surface area contributed by atoms with Crippen molar-refractivity contribution in [2.45, 2.75) is 19.4 Å². The molecule has 0 unspecified atom stereocenters. The number of rotatable bonds is 5. The van der Waals surface area contributed by atoms with Gasteiger partial charge >= 0.3 is 0 Å². The molecule has 1 saturated heterocycles. The Hall–Kier alpha value is -1.63. The first kappa shape index (κ1) is 17.7. The number of benzene rings is 1. The number of hydrogen-bond acceptors (Lipinski definition) is 3. The molecule has 23 heavy (non-hydrogen) atoms. The lowest BCUT2D eigenvalue weighted by Gasteiger charge is -2.33. The summed E-state index contributed by atoms with van der Waals surface area (Å²) in [5.41, 5.74) is 1.38. The number of carboxylic acid groups (broad SMARTS) is 1. The molecule has 0 spiro atoms. The van der Waals surface area contributed by atoms with E-state index in [-0.39, 0.29) is 12.3 Å². The second-order valence-corrected chi connectivity index (χ2v) is 6.56. The lowest BCUT2D eigenvalue weighted by Crippen LogP contribution is -3.29. The standard InChI is InChI=1S/C16H22ClN3O3/c1-11-12(17)4-3-5-13(11)18-15(21)10-14(16(22)23)20-8-6-19(2)7-9-20/h3-5,14H,6-10H2,1-2H3,(H,18,21)(H,22,23)/p+1/t14-/m1/s1. The van der Waals surface area contributed by atoms with Crippen LogP contribution in [0.25, 0.3) is 0 Å². The van der Waals surface area contributed by atoms with Crippen LogP contribution in [0.5, 0.6) is 0 Å². The maximum absolute atomic E-state index is 12.2. The first-order chi connectivity index (χ1) is 10.9. The fraction of sp³-hybridized carbons (Fsp3) is 0.500. The van der Waals surface area contributed by atoms with Crippen LogP contribution in [0.15, 0.2) is 18.2 Å². The maximum Gasteiger partial charge on any atom is 0.230 e. The summed E-state index contributed by atoms with van der Waals surface area (Å²) in [6, 6.07) is 4.42. The number of carbonyl (C=O) groups excluding carboxylic acids is 2. The molecule has 3 N–H and O–H groups in total. The van der Waals surface area contributed by atoms with Crippen LogP contribution in [0, 0.1) is 6.92 Å². The SMILES string of the molecule is Cc1c(Cl)cccc1NC(=O)C[C@H](C(=O)[O-])[NH+]1CC[NH+](C)CC1. The van der Waals surface area contributed by atoms with Crippen molar-refractivity contribution in [1.82, 2.24) is 0 Å². The van der Waals surface area contributed by atoms with E-state index in [2.05, 4.69) is 12.4 Å². The molecular formula is C16H23ClN3O3+. The summed E-state index contributed by atoms with van der Waals surface area (Å²) in [7, 11) is 2.08. The Balaban J connectivity index is 2.01. The maximum atomic E-state index is 12.2. The molecule has 0 radical (unpaired) electrons. The molecule has 7 heteroatoms. The minimum atomic E-state index is -1.17. The van der Waals surface area contributed by atoms with Gasteiger partial charge < -0.3 is 25.0 Å². The van der Waals surface area contributed by atoms with Crippen LogP contribution in [0.3, 0.4) is 0 Å². The van der Waals surface area contributed by atoms with Gasteiger partial charge in [0.2, 0.25) is 5.91 Å². The first-order valence-electron chi connectivity index (χ1n) is 7.80. The van der Waals surface area contributed by atoms with Gasteiger partial charge in [-0.1, -0.05) is 17.7 Å². The third kappa shape index (κ3) is 4.67. The minimum Gasteiger partial charge on any atom is -0.544 e. The van der Waals surface area contributed by atoms with Gasteiger partial charge in [-0.05, 0) is 24.6 Å². The summed E-state index contributed by atoms with van der Waals surface area (Å²) in [6.07, 6.45) is -0.0946. The van der Waals surface area contributed by atoms with Gasteiger partial charge in [-0.15, -0.1) is 0 Å². The van der Waals surface area contributed by atoms with Crippen molar-refractivity contribution >= 4 is 29.2 Å². The summed E-state index contributed by atoms with van der Waals surface area (Å²) in [4.78, 5) is 26.0. The highest BCUT2D eigenvalue weighted by atomic mass is 35.5. The average molecular weight is 341 g/mol. The highest BCUT2D eigenvalue weighted by molar-refractivity contribution is 6.31. The molecule has 1 aliphatic rings. The van der Waals surface area contributed by atoms with Crippen molar-refractivity contribution in [2.75, 3.05) is 38.5 Å². The number of likely N-dealkylation sites (N-methyl/N-ethyl adjacent to an activating group) is 1. The zero-order chi connectivity index (χ0) is 17.0. The molecule has 126 valence electrons. The Bertz CT molecular complexity index is 586. The zero-order valence-electron chi connectivity index (χ0n) is 13.4. The Labute approximate surface area is 141 Å². The fourth-order valence-electron chi connectivity index (χ4n) is 2.87. The van der Waals surface area contributed by atoms with E-state index in [4.69, 9.17) is 11.6 Å². The van der Waals surface area contributed by atoms with Crippen molar-refractivity contribution in [3.8, 4) is 0 Å². The Morgan fingerprint density at radius 3 is 2.57 bits per heavy atom. The summed E-state index contributed by atoms with van der Waals surface area (Å²) in [5.74, 6) is -1.50. The number of nitrogens with one attached hydrogen (secondary N) is 3. The van der Waals surface area contributed by atoms with E-state index < -0.39 is 12.0 Å². The predicted molar refractivity (Wildman–Crippen MR) is 85.5 cm³/mol. The van der Waals surface area contributed by atoms with Crippen molar-refractivity contribution < 1.29 is 24.5 Å². The van der Waals surface area contributed by atoms with Crippen molar-refractivity contribution in [1.29, 1.82) is 0 Å². The van der Waals surface area contributed by atoms with E-state index in [0.29, 0.717) is 10.7 Å². The molecule has 0 saturated carbocycles. The molecule has 2 rings (SSSR count). The van der Waals surface area contributed by atoms with Gasteiger partial charge in [0.15, 0.2) is 0 Å². The van der Waals surface area contributed by atoms with Gasteiger partial charge in [0.05, 0.1) is 19.4 Å². The van der Waals surface area contributed by atoms with Gasteiger partial charge in [0.25, 0.3) is 0 Å². The second-order valence-electron chi connectivity index (χ2n) is 6.15. The summed E-state index contributed by atoms with van der Waals surface area (Å²) in [5, 5.41) is 14.8. The van der Waals surface area contributed by atoms with Crippen LogP contribution < -0.4 is 20.2 Å². The number of quaternary nitrogens is 2. The smallest absolute Gasteiger partial charge is 0.230 e. The molecule has 0 bridgehead atoms. The number of hydrogen-bond donors (Lipinski definition) is 3. The topological polar surface area (TPSA) is 78.1 Å². The molecular weight excluding hydrogens is 318 g/mol. The molecule has 1 atom stereocenters. The van der Waals surface area contributed by atoms with Crippen LogP contribution in [0.4, 0.5) is 5.69 Å². The quantitative estimate of drug-likeness (QED) is 0.555. The van der Waals surface area contributed by atoms with Crippen molar-refractivity contribution in [3.05, 3.63) is 28.8 Å². The summed E-state index contributed by atoms with van der Waals surface area (Å²) < 4.78 is 0. The van der Waals surface area contributed by atoms with Crippen molar-refractivity contribution in [3.63, 3.8) is 0 Å². The molecule has 1 aliphatic heterocycles. The molecule has 0 aromatic heterocycles. The lowest BCUT2D eigenvalue weighted by atomic mass is 10.1. The van der Waals surface area contributed by atoms with E-state index in [1.54, 1.807) is 18.2 Å². The second kappa shape index (κ2) is 7.77. The van der Waals surface area contributed by atoms with Crippen LogP contribution in [-0.4, -0.2) is 51.1 Å². The average Bonchev–Trinajstić information content (AvgIpc) is 2.50. The van der Waals surface area contributed by atoms with Crippen LogP contribution >= 0.6 is 11.6 Å². The highest BCUT2D eigenvalue weighted by Crippen LogP contribution is 2.22.